The van der Waals surface area contributed by atoms with E-state index in [4.69, 9.17) is 4.74 Å². The molecule has 1 fully saturated rings. The van der Waals surface area contributed by atoms with Gasteiger partial charge in [0.05, 0.1) is 24.4 Å². The Morgan fingerprint density at radius 3 is 2.75 bits per heavy atom. The maximum absolute atomic E-state index is 14.5. The molecule has 1 aliphatic rings. The first-order valence-corrected chi connectivity index (χ1v) is 12.1. The molecule has 1 amide bonds. The first kappa shape index (κ1) is 22.9. The third kappa shape index (κ3) is 5.02. The minimum Gasteiger partial charge on any atom is -0.465 e. The van der Waals surface area contributed by atoms with Gasteiger partial charge in [-0.25, -0.2) is 9.37 Å². The van der Waals surface area contributed by atoms with Gasteiger partial charge in [-0.3, -0.25) is 14.5 Å². The minimum atomic E-state index is -0.381. The number of hydrogen-bond donors (Lipinski definition) is 1. The van der Waals surface area contributed by atoms with Crippen molar-refractivity contribution in [2.45, 2.75) is 6.92 Å². The van der Waals surface area contributed by atoms with Gasteiger partial charge in [-0.2, -0.15) is 0 Å². The van der Waals surface area contributed by atoms with Crippen LogP contribution in [-0.2, 0) is 9.53 Å². The number of carbonyl (C=O) groups excluding carboxylic acids is 2. The number of fused-ring (bicyclic) bond motifs is 1. The van der Waals surface area contributed by atoms with Crippen LogP contribution in [0.1, 0.15) is 17.3 Å². The average molecular weight is 568 g/mol. The molecule has 32 heavy (non-hydrogen) atoms. The number of piperazine rings is 1. The molecule has 168 valence electrons. The lowest BCUT2D eigenvalue weighted by Gasteiger charge is -2.34. The van der Waals surface area contributed by atoms with Crippen molar-refractivity contribution in [1.29, 1.82) is 0 Å². The monoisotopic (exact) mass is 568 g/mol. The maximum Gasteiger partial charge on any atom is 0.320 e. The molecule has 0 atom stereocenters. The van der Waals surface area contributed by atoms with Gasteiger partial charge in [-0.05, 0) is 59.8 Å². The van der Waals surface area contributed by atoms with E-state index in [-0.39, 0.29) is 24.2 Å². The Balaban J connectivity index is 1.56. The van der Waals surface area contributed by atoms with Gasteiger partial charge in [0.2, 0.25) is 0 Å². The molecule has 4 rings (SSSR count). The van der Waals surface area contributed by atoms with E-state index >= 15 is 0 Å². The van der Waals surface area contributed by atoms with Crippen LogP contribution in [0.15, 0.2) is 36.5 Å². The van der Waals surface area contributed by atoms with E-state index in [1.54, 1.807) is 30.2 Å². The summed E-state index contributed by atoms with van der Waals surface area (Å²) in [7, 11) is 0. The summed E-state index contributed by atoms with van der Waals surface area (Å²) in [5.41, 5.74) is 0.806. The van der Waals surface area contributed by atoms with Crippen LogP contribution in [0.25, 0.3) is 10.2 Å². The number of amides is 1. The van der Waals surface area contributed by atoms with Crippen molar-refractivity contribution < 1.29 is 18.7 Å². The van der Waals surface area contributed by atoms with Crippen LogP contribution >= 0.6 is 33.9 Å². The fourth-order valence-corrected chi connectivity index (χ4v) is 5.10. The topological polar surface area (TPSA) is 74.8 Å². The zero-order chi connectivity index (χ0) is 22.7. The fraction of sp³-hybridized carbons (Fsp3) is 0.318. The molecular formula is C22H22FIN4O3S. The van der Waals surface area contributed by atoms with Crippen LogP contribution in [0.5, 0.6) is 0 Å². The minimum absolute atomic E-state index is 0.131. The summed E-state index contributed by atoms with van der Waals surface area (Å²) in [6.45, 7) is 4.51. The van der Waals surface area contributed by atoms with Crippen LogP contribution in [0, 0.1) is 9.39 Å². The number of pyridine rings is 1. The van der Waals surface area contributed by atoms with Crippen LogP contribution in [-0.4, -0.2) is 66.0 Å². The standard InChI is InChI=1S/C22H22FIN4O3S/c1-2-31-18(29)13-27-8-10-28(11-9-27)22(30)19-15-4-3-7-25-20(15)32-21(19)26-17-6-5-14(24)12-16(17)23/h3-7,12,26H,2,8-11,13H2,1H3. The SMILES string of the molecule is CCOC(=O)CN1CCN(C(=O)c2c(Nc3ccc(I)cc3F)sc3ncccc23)CC1. The van der Waals surface area contributed by atoms with Crippen LogP contribution in [0.2, 0.25) is 0 Å². The highest BCUT2D eigenvalue weighted by Gasteiger charge is 2.28. The number of halogens is 2. The van der Waals surface area contributed by atoms with Gasteiger partial charge in [0.25, 0.3) is 5.91 Å². The molecule has 0 bridgehead atoms. The zero-order valence-electron chi connectivity index (χ0n) is 17.4. The lowest BCUT2D eigenvalue weighted by molar-refractivity contribution is -0.144. The number of rotatable bonds is 6. The van der Waals surface area contributed by atoms with Crippen LogP contribution in [0.3, 0.4) is 0 Å². The number of ether oxygens (including phenoxy) is 1. The molecule has 7 nitrogen and oxygen atoms in total. The molecule has 3 heterocycles. The summed E-state index contributed by atoms with van der Waals surface area (Å²) in [6, 6.07) is 8.56. The van der Waals surface area contributed by atoms with Gasteiger partial charge in [-0.1, -0.05) is 11.3 Å². The summed E-state index contributed by atoms with van der Waals surface area (Å²) in [4.78, 5) is 34.1. The van der Waals surface area contributed by atoms with E-state index in [1.165, 1.54) is 17.4 Å². The number of nitrogens with one attached hydrogen (secondary N) is 1. The normalized spacial score (nSPS) is 14.5. The molecule has 0 saturated carbocycles. The largest absolute Gasteiger partial charge is 0.465 e. The number of hydrogen-bond acceptors (Lipinski definition) is 7. The third-order valence-corrected chi connectivity index (χ3v) is 6.88. The lowest BCUT2D eigenvalue weighted by Crippen LogP contribution is -2.50. The summed E-state index contributed by atoms with van der Waals surface area (Å²) in [5.74, 6) is -0.769. The Hall–Kier alpha value is -2.31. The van der Waals surface area contributed by atoms with E-state index < -0.39 is 0 Å². The van der Waals surface area contributed by atoms with Gasteiger partial charge in [0, 0.05) is 41.3 Å². The van der Waals surface area contributed by atoms with E-state index in [0.717, 1.165) is 8.96 Å². The quantitative estimate of drug-likeness (QED) is 0.357. The van der Waals surface area contributed by atoms with Crippen molar-refractivity contribution in [3.05, 3.63) is 51.5 Å². The molecule has 1 aliphatic heterocycles. The number of anilines is 2. The smallest absolute Gasteiger partial charge is 0.320 e. The number of thiophene rings is 1. The highest BCUT2D eigenvalue weighted by atomic mass is 127. The molecule has 1 N–H and O–H groups in total. The fourth-order valence-electron chi connectivity index (χ4n) is 3.60. The number of nitrogens with zero attached hydrogens (tertiary/aromatic N) is 3. The molecule has 2 aromatic heterocycles. The van der Waals surface area contributed by atoms with E-state index in [2.05, 4.69) is 32.9 Å². The van der Waals surface area contributed by atoms with Crippen molar-refractivity contribution in [3.8, 4) is 0 Å². The van der Waals surface area contributed by atoms with E-state index in [0.29, 0.717) is 53.9 Å². The highest BCUT2D eigenvalue weighted by molar-refractivity contribution is 14.1. The predicted octanol–water partition coefficient (Wildman–Crippen LogP) is 4.10. The van der Waals surface area contributed by atoms with Gasteiger partial charge < -0.3 is 15.0 Å². The van der Waals surface area contributed by atoms with Crippen molar-refractivity contribution in [2.75, 3.05) is 44.6 Å². The van der Waals surface area contributed by atoms with Gasteiger partial charge in [0.1, 0.15) is 15.6 Å². The second kappa shape index (κ2) is 10.1. The molecule has 1 aromatic carbocycles. The highest BCUT2D eigenvalue weighted by Crippen LogP contribution is 2.38. The number of aromatic nitrogens is 1. The van der Waals surface area contributed by atoms with Crippen molar-refractivity contribution in [1.82, 2.24) is 14.8 Å². The number of esters is 1. The Morgan fingerprint density at radius 2 is 2.03 bits per heavy atom. The Kier molecular flexibility index (Phi) is 7.21. The average Bonchev–Trinajstić information content (AvgIpc) is 3.14. The third-order valence-electron chi connectivity index (χ3n) is 5.18. The Morgan fingerprint density at radius 1 is 1.25 bits per heavy atom. The van der Waals surface area contributed by atoms with Crippen LogP contribution < -0.4 is 5.32 Å². The maximum atomic E-state index is 14.5. The molecule has 1 saturated heterocycles. The predicted molar refractivity (Wildman–Crippen MR) is 131 cm³/mol. The molecule has 10 heteroatoms. The molecule has 0 aliphatic carbocycles. The van der Waals surface area contributed by atoms with Crippen molar-refractivity contribution in [2.24, 2.45) is 0 Å². The summed E-state index contributed by atoms with van der Waals surface area (Å²) in [5, 5.41) is 4.42. The second-order valence-electron chi connectivity index (χ2n) is 7.28. The first-order chi connectivity index (χ1) is 15.5. The van der Waals surface area contributed by atoms with E-state index in [1.807, 2.05) is 17.0 Å². The van der Waals surface area contributed by atoms with Gasteiger partial charge in [-0.15, -0.1) is 0 Å². The Bertz CT molecular complexity index is 1150. The summed E-state index contributed by atoms with van der Waals surface area (Å²) in [6.07, 6.45) is 1.68. The molecule has 0 spiro atoms. The molecule has 3 aromatic rings. The number of carbonyl (C=O) groups is 2. The summed E-state index contributed by atoms with van der Waals surface area (Å²) < 4.78 is 20.3. The first-order valence-electron chi connectivity index (χ1n) is 10.2. The van der Waals surface area contributed by atoms with Crippen LogP contribution in [0.4, 0.5) is 15.1 Å². The lowest BCUT2D eigenvalue weighted by atomic mass is 10.1. The van der Waals surface area contributed by atoms with Gasteiger partial charge in [0.15, 0.2) is 0 Å². The zero-order valence-corrected chi connectivity index (χ0v) is 20.4. The summed E-state index contributed by atoms with van der Waals surface area (Å²) >= 11 is 3.38. The molecular weight excluding hydrogens is 546 g/mol. The van der Waals surface area contributed by atoms with Gasteiger partial charge >= 0.3 is 5.97 Å². The van der Waals surface area contributed by atoms with Crippen molar-refractivity contribution in [3.63, 3.8) is 0 Å². The molecule has 0 radical (unpaired) electrons. The Labute approximate surface area is 202 Å². The van der Waals surface area contributed by atoms with E-state index in [9.17, 15) is 14.0 Å². The second-order valence-corrected chi connectivity index (χ2v) is 9.53. The molecule has 0 unspecified atom stereocenters. The van der Waals surface area contributed by atoms with Crippen molar-refractivity contribution >= 4 is 66.7 Å². The number of benzene rings is 1.